The van der Waals surface area contributed by atoms with Gasteiger partial charge in [0.25, 0.3) is 0 Å². The maximum atomic E-state index is 4.49. The highest BCUT2D eigenvalue weighted by molar-refractivity contribution is 14.0. The number of rotatable bonds is 6. The molecule has 0 spiro atoms. The summed E-state index contributed by atoms with van der Waals surface area (Å²) in [6.07, 6.45) is 3.09. The fraction of sp³-hybridized carbons (Fsp3) is 0.429. The molecule has 0 radical (unpaired) electrons. The van der Waals surface area contributed by atoms with Gasteiger partial charge in [0.1, 0.15) is 5.82 Å². The Morgan fingerprint density at radius 3 is 2.79 bits per heavy atom. The van der Waals surface area contributed by atoms with Gasteiger partial charge in [0.05, 0.1) is 0 Å². The highest BCUT2D eigenvalue weighted by Gasteiger charge is 2.24. The summed E-state index contributed by atoms with van der Waals surface area (Å²) >= 11 is 1.95. The van der Waals surface area contributed by atoms with Crippen molar-refractivity contribution in [1.82, 2.24) is 15.2 Å². The molecule has 1 unspecified atom stereocenters. The van der Waals surface area contributed by atoms with Crippen LogP contribution in [0.3, 0.4) is 0 Å². The summed E-state index contributed by atoms with van der Waals surface area (Å²) in [4.78, 5) is 14.6. The molecule has 1 saturated heterocycles. The van der Waals surface area contributed by atoms with Gasteiger partial charge in [-0.05, 0) is 42.2 Å². The molecule has 1 aliphatic rings. The number of pyridine rings is 1. The molecule has 0 bridgehead atoms. The van der Waals surface area contributed by atoms with Crippen LogP contribution in [0.25, 0.3) is 0 Å². The summed E-state index contributed by atoms with van der Waals surface area (Å²) in [7, 11) is 5.89. The van der Waals surface area contributed by atoms with Gasteiger partial charge in [0.2, 0.25) is 0 Å². The number of nitrogens with one attached hydrogen (secondary N) is 1. The molecule has 1 atom stereocenters. The summed E-state index contributed by atoms with van der Waals surface area (Å²) in [5.74, 6) is 3.83. The summed E-state index contributed by atoms with van der Waals surface area (Å²) in [6.45, 7) is 2.90. The number of aliphatic imine (C=N–C) groups is 1. The van der Waals surface area contributed by atoms with Gasteiger partial charge in [0, 0.05) is 57.6 Å². The van der Waals surface area contributed by atoms with Crippen LogP contribution >= 0.6 is 35.7 Å². The molecule has 5 nitrogen and oxygen atoms in total. The minimum Gasteiger partial charge on any atom is -0.363 e. The van der Waals surface area contributed by atoms with Gasteiger partial charge in [-0.15, -0.1) is 35.7 Å². The monoisotopic (exact) mass is 511 g/mol. The Morgan fingerprint density at radius 2 is 2.07 bits per heavy atom. The normalized spacial score (nSPS) is 16.6. The third-order valence-corrected chi connectivity index (χ3v) is 5.99. The zero-order valence-electron chi connectivity index (χ0n) is 16.8. The second-order valence-electron chi connectivity index (χ2n) is 7.04. The molecular weight excluding hydrogens is 481 g/mol. The van der Waals surface area contributed by atoms with E-state index in [4.69, 9.17) is 0 Å². The number of anilines is 1. The molecule has 0 aliphatic carbocycles. The lowest BCUT2D eigenvalue weighted by Crippen LogP contribution is -2.39. The van der Waals surface area contributed by atoms with Crippen LogP contribution in [0.15, 0.2) is 58.5 Å². The number of nitrogens with zero attached hydrogens (tertiary/aromatic N) is 4. The van der Waals surface area contributed by atoms with E-state index in [0.717, 1.165) is 37.2 Å². The molecule has 1 fully saturated rings. The van der Waals surface area contributed by atoms with E-state index in [1.54, 1.807) is 0 Å². The predicted octanol–water partition coefficient (Wildman–Crippen LogP) is 3.96. The number of hydrogen-bond acceptors (Lipinski definition) is 4. The van der Waals surface area contributed by atoms with Gasteiger partial charge >= 0.3 is 0 Å². The molecule has 7 heteroatoms. The quantitative estimate of drug-likeness (QED) is 0.276. The van der Waals surface area contributed by atoms with Crippen molar-refractivity contribution in [2.24, 2.45) is 10.9 Å². The van der Waals surface area contributed by atoms with Crippen molar-refractivity contribution in [3.8, 4) is 0 Å². The number of guanidine groups is 1. The van der Waals surface area contributed by atoms with Gasteiger partial charge in [-0.3, -0.25) is 4.99 Å². The largest absolute Gasteiger partial charge is 0.363 e. The number of aromatic nitrogens is 1. The van der Waals surface area contributed by atoms with Crippen LogP contribution < -0.4 is 10.2 Å². The van der Waals surface area contributed by atoms with Crippen molar-refractivity contribution in [2.75, 3.05) is 44.9 Å². The van der Waals surface area contributed by atoms with E-state index in [1.165, 1.54) is 16.9 Å². The van der Waals surface area contributed by atoms with E-state index in [0.29, 0.717) is 5.92 Å². The summed E-state index contributed by atoms with van der Waals surface area (Å²) in [5.41, 5.74) is 1.21. The van der Waals surface area contributed by atoms with Crippen LogP contribution in [0.2, 0.25) is 0 Å². The number of thioether (sulfide) groups is 1. The fourth-order valence-electron chi connectivity index (χ4n) is 3.22. The topological polar surface area (TPSA) is 43.8 Å². The van der Waals surface area contributed by atoms with Crippen molar-refractivity contribution in [2.45, 2.75) is 17.9 Å². The Morgan fingerprint density at radius 1 is 1.29 bits per heavy atom. The van der Waals surface area contributed by atoms with E-state index in [-0.39, 0.29) is 24.0 Å². The lowest BCUT2D eigenvalue weighted by atomic mass is 10.2. The van der Waals surface area contributed by atoms with Crippen molar-refractivity contribution < 1.29 is 0 Å². The lowest BCUT2D eigenvalue weighted by Gasteiger charge is -2.22. The molecule has 2 heterocycles. The van der Waals surface area contributed by atoms with Crippen molar-refractivity contribution in [1.29, 1.82) is 0 Å². The van der Waals surface area contributed by atoms with E-state index in [2.05, 4.69) is 62.7 Å². The Bertz CT molecular complexity index is 753. The number of benzene rings is 1. The summed E-state index contributed by atoms with van der Waals surface area (Å²) < 4.78 is 0. The molecule has 1 aliphatic heterocycles. The van der Waals surface area contributed by atoms with Crippen molar-refractivity contribution in [3.05, 3.63) is 54.2 Å². The highest BCUT2D eigenvalue weighted by atomic mass is 127. The first kappa shape index (κ1) is 22.8. The summed E-state index contributed by atoms with van der Waals surface area (Å²) in [6, 6.07) is 14.8. The van der Waals surface area contributed by atoms with E-state index in [1.807, 2.05) is 44.0 Å². The molecule has 0 saturated carbocycles. The van der Waals surface area contributed by atoms with Gasteiger partial charge in [-0.2, -0.15) is 0 Å². The molecule has 0 amide bonds. The average molecular weight is 511 g/mol. The minimum atomic E-state index is 0. The molecular formula is C21H30IN5S. The van der Waals surface area contributed by atoms with E-state index < -0.39 is 0 Å². The predicted molar refractivity (Wildman–Crippen MR) is 131 cm³/mol. The van der Waals surface area contributed by atoms with Gasteiger partial charge in [-0.1, -0.05) is 18.2 Å². The van der Waals surface area contributed by atoms with Crippen LogP contribution in [-0.4, -0.2) is 55.8 Å². The Hall–Kier alpha value is -1.48. The Labute approximate surface area is 190 Å². The fourth-order valence-corrected chi connectivity index (χ4v) is 4.27. The number of halogens is 1. The summed E-state index contributed by atoms with van der Waals surface area (Å²) in [5, 5.41) is 3.51. The van der Waals surface area contributed by atoms with Crippen LogP contribution in [0.1, 0.15) is 12.0 Å². The zero-order chi connectivity index (χ0) is 19.1. The first-order valence-electron chi connectivity index (χ1n) is 9.41. The van der Waals surface area contributed by atoms with Crippen molar-refractivity contribution >= 4 is 47.5 Å². The first-order chi connectivity index (χ1) is 13.2. The molecule has 1 N–H and O–H groups in total. The van der Waals surface area contributed by atoms with Crippen LogP contribution in [-0.2, 0) is 6.54 Å². The van der Waals surface area contributed by atoms with Crippen LogP contribution in [0, 0.1) is 5.92 Å². The standard InChI is InChI=1S/C21H29N5S.HI/c1-22-21(24-14-17-9-11-23-20(13-17)25(2)3)26-12-10-18(15-26)16-27-19-7-5-4-6-8-19;/h4-9,11,13,18H,10,12,14-16H2,1-3H3,(H,22,24);1H. The maximum Gasteiger partial charge on any atom is 0.193 e. The second-order valence-corrected chi connectivity index (χ2v) is 8.14. The average Bonchev–Trinajstić information content (AvgIpc) is 3.17. The smallest absolute Gasteiger partial charge is 0.193 e. The molecule has 1 aromatic heterocycles. The second kappa shape index (κ2) is 11.5. The molecule has 2 aromatic rings. The minimum absolute atomic E-state index is 0. The van der Waals surface area contributed by atoms with Crippen molar-refractivity contribution in [3.63, 3.8) is 0 Å². The number of hydrogen-bond donors (Lipinski definition) is 1. The molecule has 3 rings (SSSR count). The maximum absolute atomic E-state index is 4.49. The third-order valence-electron chi connectivity index (χ3n) is 4.74. The third kappa shape index (κ3) is 6.55. The zero-order valence-corrected chi connectivity index (χ0v) is 20.0. The lowest BCUT2D eigenvalue weighted by molar-refractivity contribution is 0.474. The Kier molecular flexibility index (Phi) is 9.37. The SMILES string of the molecule is CN=C(NCc1ccnc(N(C)C)c1)N1CCC(CSc2ccccc2)C1.I. The first-order valence-corrected chi connectivity index (χ1v) is 10.4. The van der Waals surface area contributed by atoms with E-state index in [9.17, 15) is 0 Å². The van der Waals surface area contributed by atoms with Crippen LogP contribution in [0.4, 0.5) is 5.82 Å². The Balaban J connectivity index is 0.00000280. The van der Waals surface area contributed by atoms with Crippen LogP contribution in [0.5, 0.6) is 0 Å². The van der Waals surface area contributed by atoms with E-state index >= 15 is 0 Å². The van der Waals surface area contributed by atoms with Gasteiger partial charge in [-0.25, -0.2) is 4.98 Å². The number of likely N-dealkylation sites (tertiary alicyclic amines) is 1. The van der Waals surface area contributed by atoms with Gasteiger partial charge < -0.3 is 15.1 Å². The molecule has 152 valence electrons. The highest BCUT2D eigenvalue weighted by Crippen LogP contribution is 2.25. The van der Waals surface area contributed by atoms with Gasteiger partial charge in [0.15, 0.2) is 5.96 Å². The molecule has 1 aromatic carbocycles. The molecule has 28 heavy (non-hydrogen) atoms.